The lowest BCUT2D eigenvalue weighted by molar-refractivity contribution is 0.133. The summed E-state index contributed by atoms with van der Waals surface area (Å²) in [6.07, 6.45) is 7.41. The predicted octanol–water partition coefficient (Wildman–Crippen LogP) is 2.50. The van der Waals surface area contributed by atoms with Crippen molar-refractivity contribution in [1.29, 1.82) is 0 Å². The zero-order valence-corrected chi connectivity index (χ0v) is 7.22. The molecule has 0 aromatic heterocycles. The molecular formula is C9H18O. The molecule has 1 N–H and O–H groups in total. The van der Waals surface area contributed by atoms with Crippen molar-refractivity contribution in [3.05, 3.63) is 12.2 Å². The second-order valence-corrected chi connectivity index (χ2v) is 3.20. The van der Waals surface area contributed by atoms with Crippen molar-refractivity contribution in [3.63, 3.8) is 0 Å². The first kappa shape index (κ1) is 9.70. The molecule has 1 nitrogen and oxygen atoms in total. The average molecular weight is 142 g/mol. The predicted molar refractivity (Wildman–Crippen MR) is 45.0 cm³/mol. The number of unbranched alkanes of at least 4 members (excludes halogenated alkanes) is 2. The van der Waals surface area contributed by atoms with Gasteiger partial charge in [-0.3, -0.25) is 0 Å². The van der Waals surface area contributed by atoms with Crippen LogP contribution in [0.4, 0.5) is 0 Å². The minimum absolute atomic E-state index is 0.631. The molecule has 0 saturated heterocycles. The van der Waals surface area contributed by atoms with E-state index in [0.717, 1.165) is 6.42 Å². The van der Waals surface area contributed by atoms with E-state index in [1.54, 1.807) is 13.8 Å². The molecule has 0 rings (SSSR count). The Morgan fingerprint density at radius 2 is 2.00 bits per heavy atom. The molecule has 60 valence electrons. The number of hydrogen-bond acceptors (Lipinski definition) is 1. The molecule has 0 saturated carbocycles. The van der Waals surface area contributed by atoms with Gasteiger partial charge in [0.1, 0.15) is 0 Å². The minimum Gasteiger partial charge on any atom is -0.386 e. The highest BCUT2D eigenvalue weighted by Crippen LogP contribution is 2.04. The number of hydrogen-bond donors (Lipinski definition) is 1. The summed E-state index contributed by atoms with van der Waals surface area (Å²) in [6.45, 7) is 5.74. The third kappa shape index (κ3) is 7.70. The highest BCUT2D eigenvalue weighted by Gasteiger charge is 2.04. The van der Waals surface area contributed by atoms with Gasteiger partial charge in [-0.05, 0) is 20.3 Å². The van der Waals surface area contributed by atoms with E-state index in [0.29, 0.717) is 0 Å². The summed E-state index contributed by atoms with van der Waals surface area (Å²) in [4.78, 5) is 0. The molecule has 0 spiro atoms. The van der Waals surface area contributed by atoms with Crippen LogP contribution >= 0.6 is 0 Å². The van der Waals surface area contributed by atoms with Crippen molar-refractivity contribution in [2.75, 3.05) is 0 Å². The first-order valence-electron chi connectivity index (χ1n) is 3.96. The molecule has 0 aromatic rings. The molecule has 0 aliphatic rings. The lowest BCUT2D eigenvalue weighted by Crippen LogP contribution is -2.13. The van der Waals surface area contributed by atoms with Gasteiger partial charge in [-0.25, -0.2) is 0 Å². The Morgan fingerprint density at radius 3 is 2.40 bits per heavy atom. The lowest BCUT2D eigenvalue weighted by atomic mass is 10.1. The smallest absolute Gasteiger partial charge is 0.0771 e. The Labute approximate surface area is 63.8 Å². The van der Waals surface area contributed by atoms with Gasteiger partial charge in [0, 0.05) is 0 Å². The molecular weight excluding hydrogens is 124 g/mol. The van der Waals surface area contributed by atoms with E-state index in [-0.39, 0.29) is 0 Å². The van der Waals surface area contributed by atoms with Crippen LogP contribution in [0.3, 0.4) is 0 Å². The van der Waals surface area contributed by atoms with Gasteiger partial charge in [-0.1, -0.05) is 31.9 Å². The SMILES string of the molecule is CCCC/C=C/C(C)(C)O. The Balaban J connectivity index is 3.37. The standard InChI is InChI=1S/C9H18O/c1-4-5-6-7-8-9(2,3)10/h7-8,10H,4-6H2,1-3H3/b8-7+. The van der Waals surface area contributed by atoms with Gasteiger partial charge in [-0.2, -0.15) is 0 Å². The van der Waals surface area contributed by atoms with E-state index in [2.05, 4.69) is 6.92 Å². The summed E-state index contributed by atoms with van der Waals surface area (Å²) in [5, 5.41) is 9.23. The zero-order chi connectivity index (χ0) is 8.04. The van der Waals surface area contributed by atoms with E-state index in [4.69, 9.17) is 0 Å². The molecule has 0 radical (unpaired) electrons. The Hall–Kier alpha value is -0.300. The van der Waals surface area contributed by atoms with Crippen LogP contribution in [-0.2, 0) is 0 Å². The van der Waals surface area contributed by atoms with E-state index >= 15 is 0 Å². The molecule has 0 amide bonds. The van der Waals surface area contributed by atoms with Crippen LogP contribution in [0.15, 0.2) is 12.2 Å². The molecule has 0 aliphatic heterocycles. The number of allylic oxidation sites excluding steroid dienone is 1. The lowest BCUT2D eigenvalue weighted by Gasteiger charge is -2.09. The summed E-state index contributed by atoms with van der Waals surface area (Å²) in [5.41, 5.74) is -0.631. The molecule has 0 atom stereocenters. The average Bonchev–Trinajstić information content (AvgIpc) is 1.78. The van der Waals surface area contributed by atoms with E-state index in [1.807, 2.05) is 12.2 Å². The fourth-order valence-corrected chi connectivity index (χ4v) is 0.694. The van der Waals surface area contributed by atoms with Crippen LogP contribution in [0.2, 0.25) is 0 Å². The van der Waals surface area contributed by atoms with Gasteiger partial charge in [0.15, 0.2) is 0 Å². The van der Waals surface area contributed by atoms with E-state index in [1.165, 1.54) is 12.8 Å². The maximum atomic E-state index is 9.23. The molecule has 0 unspecified atom stereocenters. The van der Waals surface area contributed by atoms with Crippen LogP contribution < -0.4 is 0 Å². The molecule has 10 heavy (non-hydrogen) atoms. The van der Waals surface area contributed by atoms with Gasteiger partial charge in [0.05, 0.1) is 5.60 Å². The molecule has 0 aromatic carbocycles. The maximum Gasteiger partial charge on any atom is 0.0771 e. The Morgan fingerprint density at radius 1 is 1.40 bits per heavy atom. The Kier molecular flexibility index (Phi) is 4.37. The van der Waals surface area contributed by atoms with Gasteiger partial charge in [0.2, 0.25) is 0 Å². The first-order chi connectivity index (χ1) is 4.56. The van der Waals surface area contributed by atoms with Crippen LogP contribution in [-0.4, -0.2) is 10.7 Å². The second kappa shape index (κ2) is 4.51. The summed E-state index contributed by atoms with van der Waals surface area (Å²) in [7, 11) is 0. The van der Waals surface area contributed by atoms with E-state index in [9.17, 15) is 5.11 Å². The van der Waals surface area contributed by atoms with Gasteiger partial charge >= 0.3 is 0 Å². The van der Waals surface area contributed by atoms with Crippen LogP contribution in [0.5, 0.6) is 0 Å². The summed E-state index contributed by atoms with van der Waals surface area (Å²) in [5.74, 6) is 0. The van der Waals surface area contributed by atoms with Gasteiger partial charge < -0.3 is 5.11 Å². The number of aliphatic hydroxyl groups is 1. The molecule has 0 heterocycles. The molecule has 0 bridgehead atoms. The Bertz CT molecular complexity index is 97.8. The molecule has 0 fully saturated rings. The van der Waals surface area contributed by atoms with Crippen LogP contribution in [0, 0.1) is 0 Å². The van der Waals surface area contributed by atoms with Crippen molar-refractivity contribution in [2.45, 2.75) is 45.6 Å². The maximum absolute atomic E-state index is 9.23. The normalized spacial score (nSPS) is 12.8. The molecule has 1 heteroatoms. The fraction of sp³-hybridized carbons (Fsp3) is 0.778. The van der Waals surface area contributed by atoms with Crippen molar-refractivity contribution < 1.29 is 5.11 Å². The minimum atomic E-state index is -0.631. The largest absolute Gasteiger partial charge is 0.386 e. The van der Waals surface area contributed by atoms with Crippen LogP contribution in [0.25, 0.3) is 0 Å². The highest BCUT2D eigenvalue weighted by atomic mass is 16.3. The van der Waals surface area contributed by atoms with Gasteiger partial charge in [0.25, 0.3) is 0 Å². The highest BCUT2D eigenvalue weighted by molar-refractivity contribution is 4.94. The first-order valence-corrected chi connectivity index (χ1v) is 3.96. The topological polar surface area (TPSA) is 20.2 Å². The number of rotatable bonds is 4. The summed E-state index contributed by atoms with van der Waals surface area (Å²) >= 11 is 0. The zero-order valence-electron chi connectivity index (χ0n) is 7.22. The van der Waals surface area contributed by atoms with Crippen molar-refractivity contribution in [1.82, 2.24) is 0 Å². The van der Waals surface area contributed by atoms with Gasteiger partial charge in [-0.15, -0.1) is 0 Å². The van der Waals surface area contributed by atoms with E-state index < -0.39 is 5.60 Å². The molecule has 0 aliphatic carbocycles. The van der Waals surface area contributed by atoms with Crippen molar-refractivity contribution in [2.24, 2.45) is 0 Å². The monoisotopic (exact) mass is 142 g/mol. The third-order valence-electron chi connectivity index (χ3n) is 1.25. The summed E-state index contributed by atoms with van der Waals surface area (Å²) < 4.78 is 0. The fourth-order valence-electron chi connectivity index (χ4n) is 0.694. The summed E-state index contributed by atoms with van der Waals surface area (Å²) in [6, 6.07) is 0. The third-order valence-corrected chi connectivity index (χ3v) is 1.25. The van der Waals surface area contributed by atoms with Crippen LogP contribution in [0.1, 0.15) is 40.0 Å². The quantitative estimate of drug-likeness (QED) is 0.472. The van der Waals surface area contributed by atoms with Crippen molar-refractivity contribution in [3.8, 4) is 0 Å². The van der Waals surface area contributed by atoms with Crippen molar-refractivity contribution >= 4 is 0 Å². The second-order valence-electron chi connectivity index (χ2n) is 3.20.